The molecule has 0 fully saturated rings. The van der Waals surface area contributed by atoms with Crippen molar-refractivity contribution in [2.45, 2.75) is 12.2 Å². The van der Waals surface area contributed by atoms with Crippen LogP contribution in [-0.4, -0.2) is 37.6 Å². The quantitative estimate of drug-likeness (QED) is 0.651. The number of carboxylic acid groups (broad SMARTS) is 1. The summed E-state index contributed by atoms with van der Waals surface area (Å²) in [6, 6.07) is 5.35. The summed E-state index contributed by atoms with van der Waals surface area (Å²) in [6.45, 7) is 0. The van der Waals surface area contributed by atoms with E-state index in [1.165, 1.54) is 30.5 Å². The van der Waals surface area contributed by atoms with E-state index in [0.717, 1.165) is 0 Å². The lowest BCUT2D eigenvalue weighted by atomic mass is 10.0. The highest BCUT2D eigenvalue weighted by molar-refractivity contribution is 5.74. The standard InChI is InChI=1S/C12H11FN2O4/c13-7-3-1-6(2-4-7)9-8(5-14-15-9)10(16)11(17)12(18)19/h1-5,10-11,16-17H,(H,14,15)(H,18,19). The Balaban J connectivity index is 2.37. The lowest BCUT2D eigenvalue weighted by Gasteiger charge is -2.14. The number of aromatic nitrogens is 2. The van der Waals surface area contributed by atoms with Crippen molar-refractivity contribution < 1.29 is 24.5 Å². The number of rotatable bonds is 4. The highest BCUT2D eigenvalue weighted by atomic mass is 19.1. The van der Waals surface area contributed by atoms with E-state index in [1.54, 1.807) is 0 Å². The fraction of sp³-hybridized carbons (Fsp3) is 0.167. The Hall–Kier alpha value is -2.25. The summed E-state index contributed by atoms with van der Waals surface area (Å²) < 4.78 is 12.8. The van der Waals surface area contributed by atoms with E-state index >= 15 is 0 Å². The van der Waals surface area contributed by atoms with Crippen LogP contribution >= 0.6 is 0 Å². The monoisotopic (exact) mass is 266 g/mol. The number of aromatic amines is 1. The van der Waals surface area contributed by atoms with E-state index in [4.69, 9.17) is 5.11 Å². The topological polar surface area (TPSA) is 106 Å². The molecule has 2 atom stereocenters. The van der Waals surface area contributed by atoms with Gasteiger partial charge in [-0.2, -0.15) is 5.10 Å². The second-order valence-electron chi connectivity index (χ2n) is 3.94. The largest absolute Gasteiger partial charge is 0.479 e. The van der Waals surface area contributed by atoms with Crippen molar-refractivity contribution in [3.63, 3.8) is 0 Å². The Bertz CT molecular complexity index is 582. The number of hydrogen-bond donors (Lipinski definition) is 4. The molecule has 2 rings (SSSR count). The molecule has 1 aromatic heterocycles. The van der Waals surface area contributed by atoms with Crippen molar-refractivity contribution in [3.8, 4) is 11.3 Å². The van der Waals surface area contributed by atoms with Gasteiger partial charge in [-0.3, -0.25) is 5.10 Å². The maximum absolute atomic E-state index is 12.8. The number of carbonyl (C=O) groups is 1. The molecule has 7 heteroatoms. The van der Waals surface area contributed by atoms with Gasteiger partial charge in [0.15, 0.2) is 6.10 Å². The molecular formula is C12H11FN2O4. The number of aliphatic hydroxyl groups is 2. The van der Waals surface area contributed by atoms with Gasteiger partial charge in [0, 0.05) is 11.1 Å². The van der Waals surface area contributed by atoms with Crippen molar-refractivity contribution in [2.24, 2.45) is 0 Å². The zero-order valence-electron chi connectivity index (χ0n) is 9.62. The van der Waals surface area contributed by atoms with Gasteiger partial charge in [-0.1, -0.05) is 0 Å². The van der Waals surface area contributed by atoms with E-state index in [-0.39, 0.29) is 5.56 Å². The maximum Gasteiger partial charge on any atom is 0.335 e. The second-order valence-corrected chi connectivity index (χ2v) is 3.94. The number of hydrogen-bond acceptors (Lipinski definition) is 4. The number of benzene rings is 1. The van der Waals surface area contributed by atoms with Crippen molar-refractivity contribution in [3.05, 3.63) is 41.8 Å². The summed E-state index contributed by atoms with van der Waals surface area (Å²) in [7, 11) is 0. The number of aliphatic carboxylic acids is 1. The van der Waals surface area contributed by atoms with E-state index in [0.29, 0.717) is 11.3 Å². The zero-order chi connectivity index (χ0) is 14.0. The minimum absolute atomic E-state index is 0.126. The Morgan fingerprint density at radius 1 is 1.26 bits per heavy atom. The minimum atomic E-state index is -1.96. The first-order valence-corrected chi connectivity index (χ1v) is 5.39. The van der Waals surface area contributed by atoms with Crippen LogP contribution in [-0.2, 0) is 4.79 Å². The second kappa shape index (κ2) is 5.17. The van der Waals surface area contributed by atoms with Gasteiger partial charge in [0.05, 0.1) is 11.9 Å². The number of halogens is 1. The molecule has 2 unspecified atom stereocenters. The SMILES string of the molecule is O=C(O)C(O)C(O)c1cn[nH]c1-c1ccc(F)cc1. The number of H-pyrrole nitrogens is 1. The highest BCUT2D eigenvalue weighted by Gasteiger charge is 2.28. The summed E-state index contributed by atoms with van der Waals surface area (Å²) in [5, 5.41) is 34.1. The lowest BCUT2D eigenvalue weighted by Crippen LogP contribution is -2.27. The van der Waals surface area contributed by atoms with Crippen LogP contribution in [0.3, 0.4) is 0 Å². The number of nitrogens with zero attached hydrogens (tertiary/aromatic N) is 1. The molecule has 0 bridgehead atoms. The first-order chi connectivity index (χ1) is 9.00. The normalized spacial score (nSPS) is 14.1. The third-order valence-corrected chi connectivity index (χ3v) is 2.67. The first kappa shape index (κ1) is 13.2. The van der Waals surface area contributed by atoms with Gasteiger partial charge in [0.2, 0.25) is 0 Å². The molecule has 100 valence electrons. The van der Waals surface area contributed by atoms with E-state index in [1.807, 2.05) is 0 Å². The molecule has 6 nitrogen and oxygen atoms in total. The third-order valence-electron chi connectivity index (χ3n) is 2.67. The average Bonchev–Trinajstić information content (AvgIpc) is 2.87. The predicted molar refractivity (Wildman–Crippen MR) is 62.6 cm³/mol. The molecule has 1 heterocycles. The van der Waals surface area contributed by atoms with Crippen molar-refractivity contribution in [1.82, 2.24) is 10.2 Å². The molecular weight excluding hydrogens is 255 g/mol. The molecule has 0 saturated heterocycles. The minimum Gasteiger partial charge on any atom is -0.479 e. The average molecular weight is 266 g/mol. The van der Waals surface area contributed by atoms with Crippen LogP contribution in [0.2, 0.25) is 0 Å². The van der Waals surface area contributed by atoms with Crippen LogP contribution in [0, 0.1) is 5.82 Å². The third kappa shape index (κ3) is 2.61. The molecule has 0 amide bonds. The Labute approximate surface area is 107 Å². The molecule has 4 N–H and O–H groups in total. The summed E-state index contributed by atoms with van der Waals surface area (Å²) in [5.74, 6) is -1.96. The Morgan fingerprint density at radius 3 is 2.47 bits per heavy atom. The van der Waals surface area contributed by atoms with Crippen LogP contribution in [0.5, 0.6) is 0 Å². The lowest BCUT2D eigenvalue weighted by molar-refractivity contribution is -0.153. The summed E-state index contributed by atoms with van der Waals surface area (Å²) in [4.78, 5) is 10.6. The Kier molecular flexibility index (Phi) is 3.59. The van der Waals surface area contributed by atoms with E-state index in [9.17, 15) is 19.4 Å². The number of aliphatic hydroxyl groups excluding tert-OH is 2. The van der Waals surface area contributed by atoms with Gasteiger partial charge in [0.1, 0.15) is 11.9 Å². The van der Waals surface area contributed by atoms with Gasteiger partial charge in [-0.15, -0.1) is 0 Å². The molecule has 0 saturated carbocycles. The van der Waals surface area contributed by atoms with Crippen LogP contribution < -0.4 is 0 Å². The highest BCUT2D eigenvalue weighted by Crippen LogP contribution is 2.28. The summed E-state index contributed by atoms with van der Waals surface area (Å²) >= 11 is 0. The molecule has 0 aliphatic rings. The van der Waals surface area contributed by atoms with Crippen LogP contribution in [0.25, 0.3) is 11.3 Å². The number of carboxylic acids is 1. The molecule has 0 aliphatic carbocycles. The fourth-order valence-electron chi connectivity index (χ4n) is 1.67. The summed E-state index contributed by atoms with van der Waals surface area (Å²) in [6.07, 6.45) is -2.37. The Morgan fingerprint density at radius 2 is 1.89 bits per heavy atom. The smallest absolute Gasteiger partial charge is 0.335 e. The van der Waals surface area contributed by atoms with Crippen LogP contribution in [0.1, 0.15) is 11.7 Å². The van der Waals surface area contributed by atoms with Gasteiger partial charge in [-0.25, -0.2) is 9.18 Å². The molecule has 19 heavy (non-hydrogen) atoms. The maximum atomic E-state index is 12.8. The van der Waals surface area contributed by atoms with Crippen LogP contribution in [0.15, 0.2) is 30.5 Å². The van der Waals surface area contributed by atoms with Gasteiger partial charge in [-0.05, 0) is 24.3 Å². The van der Waals surface area contributed by atoms with Crippen molar-refractivity contribution in [2.75, 3.05) is 0 Å². The first-order valence-electron chi connectivity index (χ1n) is 5.39. The molecule has 2 aromatic rings. The van der Waals surface area contributed by atoms with Crippen molar-refractivity contribution >= 4 is 5.97 Å². The number of nitrogens with one attached hydrogen (secondary N) is 1. The van der Waals surface area contributed by atoms with E-state index < -0.39 is 24.0 Å². The van der Waals surface area contributed by atoms with Crippen LogP contribution in [0.4, 0.5) is 4.39 Å². The molecule has 0 radical (unpaired) electrons. The fourth-order valence-corrected chi connectivity index (χ4v) is 1.67. The molecule has 0 aliphatic heterocycles. The predicted octanol–water partition coefficient (Wildman–Crippen LogP) is 0.695. The van der Waals surface area contributed by atoms with Gasteiger partial charge >= 0.3 is 5.97 Å². The van der Waals surface area contributed by atoms with Gasteiger partial charge < -0.3 is 15.3 Å². The van der Waals surface area contributed by atoms with Crippen molar-refractivity contribution in [1.29, 1.82) is 0 Å². The van der Waals surface area contributed by atoms with E-state index in [2.05, 4.69) is 10.2 Å². The molecule has 0 spiro atoms. The van der Waals surface area contributed by atoms with Gasteiger partial charge in [0.25, 0.3) is 0 Å². The zero-order valence-corrected chi connectivity index (χ0v) is 9.62. The molecule has 1 aromatic carbocycles. The summed E-state index contributed by atoms with van der Waals surface area (Å²) in [5.41, 5.74) is 0.972.